The number of nitrogens with zero attached hydrogens (tertiary/aromatic N) is 1. The van der Waals surface area contributed by atoms with E-state index in [2.05, 4.69) is 16.8 Å². The van der Waals surface area contributed by atoms with Crippen LogP contribution < -0.4 is 0 Å². The van der Waals surface area contributed by atoms with Crippen molar-refractivity contribution in [3.05, 3.63) is 59.7 Å². The van der Waals surface area contributed by atoms with E-state index in [1.807, 2.05) is 49.4 Å². The lowest BCUT2D eigenvalue weighted by Gasteiger charge is -1.93. The van der Waals surface area contributed by atoms with E-state index in [1.54, 1.807) is 13.1 Å². The molecule has 1 rings (SSSR count). The molecule has 0 unspecified atom stereocenters. The number of benzene rings is 1. The van der Waals surface area contributed by atoms with Crippen LogP contribution in [-0.2, 0) is 0 Å². The van der Waals surface area contributed by atoms with Crippen molar-refractivity contribution >= 4 is 12.0 Å². The normalized spacial score (nSPS) is 11.6. The Labute approximate surface area is 108 Å². The van der Waals surface area contributed by atoms with Crippen LogP contribution in [0.5, 0.6) is 0 Å². The fraction of sp³-hybridized carbons (Fsp3) is 0.125. The number of allylic oxidation sites excluding steroid dienone is 4. The van der Waals surface area contributed by atoms with Gasteiger partial charge in [-0.25, -0.2) is 0 Å². The molecule has 0 aliphatic rings. The summed E-state index contributed by atoms with van der Waals surface area (Å²) in [5.74, 6) is 5.89. The first-order valence-electron chi connectivity index (χ1n) is 5.64. The van der Waals surface area contributed by atoms with Gasteiger partial charge >= 0.3 is 0 Å². The van der Waals surface area contributed by atoms with Crippen LogP contribution in [-0.4, -0.2) is 19.0 Å². The molecule has 0 bridgehead atoms. The highest BCUT2D eigenvalue weighted by Gasteiger charge is 1.95. The molecule has 1 aromatic carbocycles. The summed E-state index contributed by atoms with van der Waals surface area (Å²) < 4.78 is 0. The van der Waals surface area contributed by atoms with Crippen molar-refractivity contribution in [2.75, 3.05) is 7.05 Å². The average Bonchev–Trinajstić information content (AvgIpc) is 2.43. The van der Waals surface area contributed by atoms with Crippen LogP contribution in [0.3, 0.4) is 0 Å². The van der Waals surface area contributed by atoms with Gasteiger partial charge in [-0.15, -0.1) is 0 Å². The number of hydrogen-bond acceptors (Lipinski definition) is 2. The molecule has 2 heteroatoms. The van der Waals surface area contributed by atoms with Crippen LogP contribution >= 0.6 is 0 Å². The summed E-state index contributed by atoms with van der Waals surface area (Å²) in [4.78, 5) is 14.9. The molecular weight excluding hydrogens is 222 g/mol. The van der Waals surface area contributed by atoms with Gasteiger partial charge < -0.3 is 0 Å². The molecule has 0 atom stereocenters. The molecule has 0 radical (unpaired) electrons. The molecule has 0 heterocycles. The van der Waals surface area contributed by atoms with Crippen LogP contribution in [0, 0.1) is 11.8 Å². The monoisotopic (exact) mass is 237 g/mol. The minimum atomic E-state index is 0.595. The summed E-state index contributed by atoms with van der Waals surface area (Å²) in [5, 5.41) is 0. The zero-order chi connectivity index (χ0) is 13.2. The third kappa shape index (κ3) is 4.23. The predicted octanol–water partition coefficient (Wildman–Crippen LogP) is 3.05. The molecule has 0 aliphatic heterocycles. The Kier molecular flexibility index (Phi) is 5.93. The first kappa shape index (κ1) is 13.7. The highest BCUT2D eigenvalue weighted by Crippen LogP contribution is 2.03. The molecule has 0 aliphatic carbocycles. The number of carbonyl (C=O) groups is 1. The quantitative estimate of drug-likeness (QED) is 0.344. The van der Waals surface area contributed by atoms with Crippen LogP contribution in [0.2, 0.25) is 0 Å². The standard InChI is InChI=1S/C16H15NO/c1-3-4-5-10-16(17-2)12-11-14-8-6-7-9-15(14)13-18/h3-10,13H,1-2H3/b4-3-,10-5-,17-16-. The summed E-state index contributed by atoms with van der Waals surface area (Å²) in [6.07, 6.45) is 8.35. The summed E-state index contributed by atoms with van der Waals surface area (Å²) in [6, 6.07) is 7.24. The van der Waals surface area contributed by atoms with Crippen molar-refractivity contribution in [2.45, 2.75) is 6.92 Å². The minimum absolute atomic E-state index is 0.595. The zero-order valence-corrected chi connectivity index (χ0v) is 10.6. The van der Waals surface area contributed by atoms with E-state index < -0.39 is 0 Å². The summed E-state index contributed by atoms with van der Waals surface area (Å²) >= 11 is 0. The first-order chi connectivity index (χ1) is 8.81. The number of hydrogen-bond donors (Lipinski definition) is 0. The topological polar surface area (TPSA) is 29.4 Å². The summed E-state index contributed by atoms with van der Waals surface area (Å²) in [6.45, 7) is 1.94. The molecule has 0 spiro atoms. The van der Waals surface area contributed by atoms with Crippen LogP contribution in [0.1, 0.15) is 22.8 Å². The Morgan fingerprint density at radius 1 is 1.28 bits per heavy atom. The van der Waals surface area contributed by atoms with Crippen molar-refractivity contribution in [3.63, 3.8) is 0 Å². The van der Waals surface area contributed by atoms with E-state index in [1.165, 1.54) is 0 Å². The molecule has 0 saturated heterocycles. The van der Waals surface area contributed by atoms with E-state index in [0.717, 1.165) is 6.29 Å². The Balaban J connectivity index is 2.96. The molecule has 1 aromatic rings. The Morgan fingerprint density at radius 2 is 2.06 bits per heavy atom. The Morgan fingerprint density at radius 3 is 2.72 bits per heavy atom. The highest BCUT2D eigenvalue weighted by atomic mass is 16.1. The van der Waals surface area contributed by atoms with Gasteiger partial charge in [0.25, 0.3) is 0 Å². The van der Waals surface area contributed by atoms with Crippen molar-refractivity contribution in [2.24, 2.45) is 4.99 Å². The van der Waals surface area contributed by atoms with Gasteiger partial charge in [0.05, 0.1) is 0 Å². The number of carbonyl (C=O) groups excluding carboxylic acids is 1. The van der Waals surface area contributed by atoms with Gasteiger partial charge in [-0.2, -0.15) is 0 Å². The Hall–Kier alpha value is -2.40. The average molecular weight is 237 g/mol. The number of rotatable bonds is 3. The van der Waals surface area contributed by atoms with Gasteiger partial charge in [0.15, 0.2) is 6.29 Å². The lowest BCUT2D eigenvalue weighted by Crippen LogP contribution is -1.90. The van der Waals surface area contributed by atoms with E-state index in [-0.39, 0.29) is 0 Å². The van der Waals surface area contributed by atoms with Crippen LogP contribution in [0.15, 0.2) is 53.6 Å². The first-order valence-corrected chi connectivity index (χ1v) is 5.64. The van der Waals surface area contributed by atoms with Crippen molar-refractivity contribution in [3.8, 4) is 11.8 Å². The van der Waals surface area contributed by atoms with Gasteiger partial charge in [0.1, 0.15) is 5.71 Å². The number of aldehydes is 1. The van der Waals surface area contributed by atoms with E-state index in [0.29, 0.717) is 16.8 Å². The molecule has 90 valence electrons. The summed E-state index contributed by atoms with van der Waals surface area (Å²) in [7, 11) is 1.69. The van der Waals surface area contributed by atoms with Gasteiger partial charge in [-0.05, 0) is 25.0 Å². The van der Waals surface area contributed by atoms with Crippen molar-refractivity contribution in [1.29, 1.82) is 0 Å². The van der Waals surface area contributed by atoms with Gasteiger partial charge in [0.2, 0.25) is 0 Å². The van der Waals surface area contributed by atoms with E-state index in [9.17, 15) is 4.79 Å². The maximum atomic E-state index is 10.8. The fourth-order valence-corrected chi connectivity index (χ4v) is 1.27. The third-order valence-electron chi connectivity index (χ3n) is 2.21. The lowest BCUT2D eigenvalue weighted by molar-refractivity contribution is 0.112. The second-order valence-corrected chi connectivity index (χ2v) is 3.45. The van der Waals surface area contributed by atoms with Gasteiger partial charge in [0, 0.05) is 18.2 Å². The minimum Gasteiger partial charge on any atom is -0.298 e. The Bertz CT molecular complexity index is 554. The SMILES string of the molecule is C\C=C/C=C\C(C#Cc1ccccc1C=O)=N\C. The molecule has 0 N–H and O–H groups in total. The zero-order valence-electron chi connectivity index (χ0n) is 10.6. The second kappa shape index (κ2) is 7.81. The molecule has 0 saturated carbocycles. The van der Waals surface area contributed by atoms with E-state index in [4.69, 9.17) is 0 Å². The van der Waals surface area contributed by atoms with Crippen LogP contribution in [0.25, 0.3) is 0 Å². The van der Waals surface area contributed by atoms with Crippen LogP contribution in [0.4, 0.5) is 0 Å². The third-order valence-corrected chi connectivity index (χ3v) is 2.21. The molecule has 18 heavy (non-hydrogen) atoms. The predicted molar refractivity (Wildman–Crippen MR) is 76.0 cm³/mol. The molecule has 2 nitrogen and oxygen atoms in total. The van der Waals surface area contributed by atoms with Crippen molar-refractivity contribution < 1.29 is 4.79 Å². The summed E-state index contributed by atoms with van der Waals surface area (Å²) in [5.41, 5.74) is 1.99. The van der Waals surface area contributed by atoms with Gasteiger partial charge in [-0.1, -0.05) is 42.3 Å². The van der Waals surface area contributed by atoms with E-state index >= 15 is 0 Å². The van der Waals surface area contributed by atoms with Crippen molar-refractivity contribution in [1.82, 2.24) is 0 Å². The fourth-order valence-electron chi connectivity index (χ4n) is 1.27. The smallest absolute Gasteiger partial charge is 0.151 e. The maximum absolute atomic E-state index is 10.8. The lowest BCUT2D eigenvalue weighted by atomic mass is 10.1. The molecule has 0 amide bonds. The maximum Gasteiger partial charge on any atom is 0.151 e. The molecule has 0 aromatic heterocycles. The molecular formula is C16H15NO. The second-order valence-electron chi connectivity index (χ2n) is 3.45. The van der Waals surface area contributed by atoms with Gasteiger partial charge in [-0.3, -0.25) is 9.79 Å². The largest absolute Gasteiger partial charge is 0.298 e. The highest BCUT2D eigenvalue weighted by molar-refractivity contribution is 6.09. The number of aliphatic imine (C=N–C) groups is 1. The molecule has 0 fully saturated rings.